The van der Waals surface area contributed by atoms with Crippen LogP contribution < -0.4 is 0 Å². The normalized spacial score (nSPS) is 24.0. The van der Waals surface area contributed by atoms with Crippen LogP contribution in [0.15, 0.2) is 35.6 Å². The Balaban J connectivity index is 1.41. The van der Waals surface area contributed by atoms with Gasteiger partial charge in [0.2, 0.25) is 0 Å². The van der Waals surface area contributed by atoms with Gasteiger partial charge in [-0.25, -0.2) is 4.79 Å². The Labute approximate surface area is 147 Å². The van der Waals surface area contributed by atoms with E-state index in [1.165, 1.54) is 30.5 Å². The zero-order chi connectivity index (χ0) is 16.5. The predicted octanol–water partition coefficient (Wildman–Crippen LogP) is 3.31. The predicted molar refractivity (Wildman–Crippen MR) is 95.9 cm³/mol. The van der Waals surface area contributed by atoms with E-state index in [-0.39, 0.29) is 11.5 Å². The summed E-state index contributed by atoms with van der Waals surface area (Å²) >= 11 is 1.74. The summed E-state index contributed by atoms with van der Waals surface area (Å²) in [4.78, 5) is 23.4. The summed E-state index contributed by atoms with van der Waals surface area (Å²) < 4.78 is 0. The quantitative estimate of drug-likeness (QED) is 0.794. The molecule has 1 aromatic rings. The van der Waals surface area contributed by atoms with Crippen LogP contribution in [-0.4, -0.2) is 50.8 Å². The first-order valence-corrected chi connectivity index (χ1v) is 9.70. The van der Waals surface area contributed by atoms with Gasteiger partial charge in [-0.15, -0.1) is 0 Å². The van der Waals surface area contributed by atoms with Crippen molar-refractivity contribution in [1.82, 2.24) is 19.7 Å². The van der Waals surface area contributed by atoms with E-state index in [1.54, 1.807) is 18.0 Å². The maximum absolute atomic E-state index is 12.8. The second-order valence-electron chi connectivity index (χ2n) is 6.91. The van der Waals surface area contributed by atoms with Crippen molar-refractivity contribution in [3.05, 3.63) is 41.2 Å². The zero-order valence-corrected chi connectivity index (χ0v) is 14.9. The number of rotatable bonds is 6. The fourth-order valence-corrected chi connectivity index (χ4v) is 4.55. The Hall–Kier alpha value is -1.69. The van der Waals surface area contributed by atoms with Crippen molar-refractivity contribution >= 4 is 17.8 Å². The Morgan fingerprint density at radius 1 is 1.33 bits per heavy atom. The Kier molecular flexibility index (Phi) is 4.39. The molecule has 1 atom stereocenters. The molecular weight excluding hydrogens is 320 g/mol. The highest BCUT2D eigenvalue weighted by Gasteiger charge is 2.39. The fourth-order valence-electron chi connectivity index (χ4n) is 3.37. The lowest BCUT2D eigenvalue weighted by atomic mass is 10.2. The molecule has 128 valence electrons. The molecule has 3 aliphatic rings. The number of carbonyl (C=O) groups excluding carboxylic acids is 1. The van der Waals surface area contributed by atoms with Crippen molar-refractivity contribution < 1.29 is 4.79 Å². The van der Waals surface area contributed by atoms with Crippen LogP contribution >= 0.6 is 11.8 Å². The van der Waals surface area contributed by atoms with Gasteiger partial charge in [-0.05, 0) is 36.3 Å². The molecule has 1 saturated heterocycles. The first-order valence-electron chi connectivity index (χ1n) is 8.76. The zero-order valence-electron chi connectivity index (χ0n) is 14.1. The third-order valence-corrected chi connectivity index (χ3v) is 6.28. The number of carbonyl (C=O) groups is 1. The summed E-state index contributed by atoms with van der Waals surface area (Å²) in [7, 11) is 0. The topological polar surface area (TPSA) is 39.7 Å². The molecule has 0 bridgehead atoms. The van der Waals surface area contributed by atoms with Crippen LogP contribution in [0.4, 0.5) is 4.79 Å². The summed E-state index contributed by atoms with van der Waals surface area (Å²) in [6, 6.07) is 4.26. The van der Waals surface area contributed by atoms with Gasteiger partial charge in [0.25, 0.3) is 0 Å². The smallest absolute Gasteiger partial charge is 0.322 e. The second kappa shape index (κ2) is 6.67. The molecule has 1 aliphatic carbocycles. The lowest BCUT2D eigenvalue weighted by Crippen LogP contribution is -2.45. The number of amides is 2. The molecule has 2 fully saturated rings. The lowest BCUT2D eigenvalue weighted by molar-refractivity contribution is 0.149. The van der Waals surface area contributed by atoms with E-state index >= 15 is 0 Å². The number of pyridine rings is 1. The van der Waals surface area contributed by atoms with E-state index in [0.29, 0.717) is 0 Å². The second-order valence-corrected chi connectivity index (χ2v) is 7.84. The first-order chi connectivity index (χ1) is 11.7. The number of aromatic nitrogens is 1. The number of hydrogen-bond donors (Lipinski definition) is 0. The number of hydrogen-bond acceptors (Lipinski definition) is 4. The van der Waals surface area contributed by atoms with Gasteiger partial charge in [0.1, 0.15) is 0 Å². The molecular formula is C18H24N4OS. The minimum Gasteiger partial charge on any atom is -0.341 e. The highest BCUT2D eigenvalue weighted by molar-refractivity contribution is 8.02. The average molecular weight is 344 g/mol. The fraction of sp³-hybridized carbons (Fsp3) is 0.556. The number of nitrogens with zero attached hydrogens (tertiary/aromatic N) is 4. The summed E-state index contributed by atoms with van der Waals surface area (Å²) in [5, 5.41) is 2.17. The van der Waals surface area contributed by atoms with Crippen molar-refractivity contribution in [2.24, 2.45) is 5.92 Å². The van der Waals surface area contributed by atoms with Crippen LogP contribution in [0.3, 0.4) is 0 Å². The van der Waals surface area contributed by atoms with Crippen LogP contribution in [0.2, 0.25) is 0 Å². The standard InChI is InChI=1S/C18H24N4OS/c1-14-13-24-18(22(14)12-16-3-2-7-19-11-16)21-10-9-20(17(21)23)8-6-15-4-5-15/h2-3,7,11,13,15,18H,4-6,8-10,12H2,1H3. The Bertz CT molecular complexity index is 631. The largest absolute Gasteiger partial charge is 0.341 e. The van der Waals surface area contributed by atoms with Crippen LogP contribution in [0.5, 0.6) is 0 Å². The third-order valence-electron chi connectivity index (χ3n) is 5.05. The number of urea groups is 1. The molecule has 0 spiro atoms. The van der Waals surface area contributed by atoms with Crippen molar-refractivity contribution in [2.45, 2.75) is 38.2 Å². The molecule has 6 heteroatoms. The highest BCUT2D eigenvalue weighted by Crippen LogP contribution is 2.37. The van der Waals surface area contributed by atoms with E-state index in [2.05, 4.69) is 28.3 Å². The van der Waals surface area contributed by atoms with Gasteiger partial charge in [0.15, 0.2) is 5.50 Å². The molecule has 0 N–H and O–H groups in total. The molecule has 4 rings (SSSR count). The summed E-state index contributed by atoms with van der Waals surface area (Å²) in [5.41, 5.74) is 2.47. The Morgan fingerprint density at radius 2 is 2.21 bits per heavy atom. The highest BCUT2D eigenvalue weighted by atomic mass is 32.2. The molecule has 2 amide bonds. The van der Waals surface area contributed by atoms with E-state index in [0.717, 1.165) is 32.1 Å². The van der Waals surface area contributed by atoms with Gasteiger partial charge >= 0.3 is 6.03 Å². The van der Waals surface area contributed by atoms with E-state index in [4.69, 9.17) is 0 Å². The molecule has 1 saturated carbocycles. The monoisotopic (exact) mass is 344 g/mol. The maximum Gasteiger partial charge on any atom is 0.322 e. The van der Waals surface area contributed by atoms with Gasteiger partial charge < -0.3 is 9.80 Å². The van der Waals surface area contributed by atoms with E-state index < -0.39 is 0 Å². The minimum atomic E-state index is 0.0728. The van der Waals surface area contributed by atoms with Crippen LogP contribution in [-0.2, 0) is 6.54 Å². The minimum absolute atomic E-state index is 0.0728. The third kappa shape index (κ3) is 3.24. The van der Waals surface area contributed by atoms with Gasteiger partial charge in [0, 0.05) is 44.3 Å². The van der Waals surface area contributed by atoms with Gasteiger partial charge in [0.05, 0.1) is 0 Å². The summed E-state index contributed by atoms with van der Waals surface area (Å²) in [5.74, 6) is 0.874. The van der Waals surface area contributed by atoms with Gasteiger partial charge in [-0.3, -0.25) is 9.88 Å². The molecule has 3 heterocycles. The summed E-state index contributed by atoms with van der Waals surface area (Å²) in [6.07, 6.45) is 7.58. The van der Waals surface area contributed by atoms with Crippen molar-refractivity contribution in [3.8, 4) is 0 Å². The van der Waals surface area contributed by atoms with Gasteiger partial charge in [-0.2, -0.15) is 0 Å². The van der Waals surface area contributed by atoms with Crippen molar-refractivity contribution in [1.29, 1.82) is 0 Å². The molecule has 5 nitrogen and oxygen atoms in total. The first kappa shape index (κ1) is 15.8. The number of allylic oxidation sites excluding steroid dienone is 1. The SMILES string of the molecule is CC1=CSC(N2CCN(CCC3CC3)C2=O)N1Cc1cccnc1. The lowest BCUT2D eigenvalue weighted by Gasteiger charge is -2.34. The Morgan fingerprint density at radius 3 is 2.96 bits per heavy atom. The number of thioether (sulfide) groups is 1. The van der Waals surface area contributed by atoms with Gasteiger partial charge in [-0.1, -0.05) is 30.7 Å². The van der Waals surface area contributed by atoms with E-state index in [1.807, 2.05) is 22.1 Å². The van der Waals surface area contributed by atoms with Crippen molar-refractivity contribution in [3.63, 3.8) is 0 Å². The molecule has 2 aliphatic heterocycles. The maximum atomic E-state index is 12.8. The molecule has 24 heavy (non-hydrogen) atoms. The molecule has 0 aromatic carbocycles. The molecule has 0 radical (unpaired) electrons. The van der Waals surface area contributed by atoms with Crippen LogP contribution in [0.1, 0.15) is 31.7 Å². The van der Waals surface area contributed by atoms with E-state index in [9.17, 15) is 4.79 Å². The summed E-state index contributed by atoms with van der Waals surface area (Å²) in [6.45, 7) is 5.52. The van der Waals surface area contributed by atoms with Crippen LogP contribution in [0, 0.1) is 5.92 Å². The van der Waals surface area contributed by atoms with Crippen LogP contribution in [0.25, 0.3) is 0 Å². The molecule has 1 unspecified atom stereocenters. The molecule has 1 aromatic heterocycles. The average Bonchev–Trinajstić information content (AvgIpc) is 3.27. The van der Waals surface area contributed by atoms with Crippen molar-refractivity contribution in [2.75, 3.05) is 19.6 Å².